The zero-order valence-electron chi connectivity index (χ0n) is 7.73. The Labute approximate surface area is 78.1 Å². The van der Waals surface area contributed by atoms with E-state index in [1.165, 1.54) is 5.56 Å². The summed E-state index contributed by atoms with van der Waals surface area (Å²) in [7, 11) is 1.93. The molecule has 2 unspecified atom stereocenters. The van der Waals surface area contributed by atoms with Gasteiger partial charge in [-0.15, -0.1) is 0 Å². The van der Waals surface area contributed by atoms with Gasteiger partial charge in [0.15, 0.2) is 0 Å². The van der Waals surface area contributed by atoms with E-state index < -0.39 is 0 Å². The van der Waals surface area contributed by atoms with E-state index in [-0.39, 0.29) is 12.3 Å². The van der Waals surface area contributed by atoms with Crippen LogP contribution in [0.25, 0.3) is 0 Å². The molecule has 3 heteroatoms. The quantitative estimate of drug-likeness (QED) is 0.744. The van der Waals surface area contributed by atoms with Crippen molar-refractivity contribution in [3.05, 3.63) is 30.1 Å². The summed E-state index contributed by atoms with van der Waals surface area (Å²) in [6.07, 6.45) is 6.26. The maximum atomic E-state index is 5.75. The second kappa shape index (κ2) is 3.85. The lowest BCUT2D eigenvalue weighted by atomic mass is 10.1. The number of ether oxygens (including phenoxy) is 1. The molecule has 2 atom stereocenters. The number of nitrogens with zero attached hydrogens (tertiary/aromatic N) is 1. The average Bonchev–Trinajstić information content (AvgIpc) is 2.67. The van der Waals surface area contributed by atoms with Gasteiger partial charge in [-0.2, -0.15) is 0 Å². The van der Waals surface area contributed by atoms with Gasteiger partial charge in [-0.25, -0.2) is 0 Å². The van der Waals surface area contributed by atoms with Crippen LogP contribution in [-0.4, -0.2) is 18.3 Å². The van der Waals surface area contributed by atoms with Crippen LogP contribution in [0.5, 0.6) is 0 Å². The summed E-state index contributed by atoms with van der Waals surface area (Å²) in [5, 5.41) is 3.12. The van der Waals surface area contributed by atoms with Gasteiger partial charge in [-0.05, 0) is 31.5 Å². The highest BCUT2D eigenvalue weighted by Crippen LogP contribution is 2.30. The monoisotopic (exact) mass is 178 g/mol. The number of aromatic nitrogens is 1. The predicted molar refractivity (Wildman–Crippen MR) is 50.1 cm³/mol. The van der Waals surface area contributed by atoms with Crippen molar-refractivity contribution in [2.45, 2.75) is 25.2 Å². The summed E-state index contributed by atoms with van der Waals surface area (Å²) in [5.41, 5.74) is 1.18. The molecule has 0 aromatic carbocycles. The first-order chi connectivity index (χ1) is 6.40. The van der Waals surface area contributed by atoms with E-state index in [9.17, 15) is 0 Å². The molecule has 1 fully saturated rings. The Morgan fingerprint density at radius 3 is 3.08 bits per heavy atom. The zero-order valence-corrected chi connectivity index (χ0v) is 7.73. The second-order valence-electron chi connectivity index (χ2n) is 3.27. The van der Waals surface area contributed by atoms with Gasteiger partial charge in [0.25, 0.3) is 0 Å². The normalized spacial score (nSPS) is 27.8. The molecule has 1 saturated heterocycles. The highest BCUT2D eigenvalue weighted by Gasteiger charge is 2.24. The highest BCUT2D eigenvalue weighted by atomic mass is 16.5. The number of hydrogen-bond donors (Lipinski definition) is 1. The molecule has 1 aliphatic heterocycles. The third kappa shape index (κ3) is 1.87. The molecular formula is C10H14N2O. The van der Waals surface area contributed by atoms with E-state index in [1.807, 2.05) is 19.3 Å². The third-order valence-electron chi connectivity index (χ3n) is 2.40. The average molecular weight is 178 g/mol. The van der Waals surface area contributed by atoms with Gasteiger partial charge in [0.2, 0.25) is 0 Å². The first-order valence-electron chi connectivity index (χ1n) is 4.63. The van der Waals surface area contributed by atoms with Crippen LogP contribution >= 0.6 is 0 Å². The Kier molecular flexibility index (Phi) is 2.57. The Morgan fingerprint density at radius 2 is 2.46 bits per heavy atom. The predicted octanol–water partition coefficient (Wildman–Crippen LogP) is 1.48. The van der Waals surface area contributed by atoms with Crippen molar-refractivity contribution in [3.8, 4) is 0 Å². The van der Waals surface area contributed by atoms with E-state index in [0.29, 0.717) is 0 Å². The lowest BCUT2D eigenvalue weighted by Crippen LogP contribution is -2.23. The fourth-order valence-electron chi connectivity index (χ4n) is 1.66. The fourth-order valence-corrected chi connectivity index (χ4v) is 1.66. The summed E-state index contributed by atoms with van der Waals surface area (Å²) < 4.78 is 5.75. The molecule has 0 radical (unpaired) electrons. The Bertz CT molecular complexity index is 263. The minimum atomic E-state index is 0.213. The minimum absolute atomic E-state index is 0.213. The van der Waals surface area contributed by atoms with Crippen LogP contribution in [0, 0.1) is 0 Å². The third-order valence-corrected chi connectivity index (χ3v) is 2.40. The zero-order chi connectivity index (χ0) is 9.10. The summed E-state index contributed by atoms with van der Waals surface area (Å²) in [6.45, 7) is 0. The molecule has 70 valence electrons. The van der Waals surface area contributed by atoms with Gasteiger partial charge in [-0.3, -0.25) is 10.3 Å². The summed E-state index contributed by atoms with van der Waals surface area (Å²) in [6, 6.07) is 4.01. The topological polar surface area (TPSA) is 34.2 Å². The van der Waals surface area contributed by atoms with Crippen molar-refractivity contribution in [2.24, 2.45) is 0 Å². The molecule has 3 nitrogen and oxygen atoms in total. The smallest absolute Gasteiger partial charge is 0.108 e. The number of pyridine rings is 1. The molecule has 0 bridgehead atoms. The molecule has 1 aromatic heterocycles. The largest absolute Gasteiger partial charge is 0.355 e. The van der Waals surface area contributed by atoms with Gasteiger partial charge >= 0.3 is 0 Å². The van der Waals surface area contributed by atoms with Gasteiger partial charge in [0.05, 0.1) is 6.10 Å². The SMILES string of the molecule is CNC1CCC(c2cccnc2)O1. The van der Waals surface area contributed by atoms with Gasteiger partial charge in [0, 0.05) is 12.4 Å². The van der Waals surface area contributed by atoms with Crippen LogP contribution < -0.4 is 5.32 Å². The Balaban J connectivity index is 2.04. The first-order valence-corrected chi connectivity index (χ1v) is 4.63. The molecule has 0 spiro atoms. The molecular weight excluding hydrogens is 164 g/mol. The van der Waals surface area contributed by atoms with Crippen molar-refractivity contribution in [1.82, 2.24) is 10.3 Å². The van der Waals surface area contributed by atoms with Crippen molar-refractivity contribution in [2.75, 3.05) is 7.05 Å². The standard InChI is InChI=1S/C10H14N2O/c1-11-10-5-4-9(13-10)8-3-2-6-12-7-8/h2-3,6-7,9-11H,4-5H2,1H3. The molecule has 2 rings (SSSR count). The van der Waals surface area contributed by atoms with E-state index >= 15 is 0 Å². The van der Waals surface area contributed by atoms with Gasteiger partial charge in [-0.1, -0.05) is 6.07 Å². The molecule has 0 saturated carbocycles. The van der Waals surface area contributed by atoms with E-state index in [1.54, 1.807) is 6.20 Å². The molecule has 13 heavy (non-hydrogen) atoms. The number of rotatable bonds is 2. The number of hydrogen-bond acceptors (Lipinski definition) is 3. The first kappa shape index (κ1) is 8.66. The van der Waals surface area contributed by atoms with Gasteiger partial charge < -0.3 is 4.74 Å². The van der Waals surface area contributed by atoms with E-state index in [2.05, 4.69) is 16.4 Å². The molecule has 0 amide bonds. The van der Waals surface area contributed by atoms with Crippen molar-refractivity contribution < 1.29 is 4.74 Å². The Hall–Kier alpha value is -0.930. The van der Waals surface area contributed by atoms with Crippen LogP contribution in [0.2, 0.25) is 0 Å². The lowest BCUT2D eigenvalue weighted by molar-refractivity contribution is 0.0294. The van der Waals surface area contributed by atoms with E-state index in [0.717, 1.165) is 12.8 Å². The van der Waals surface area contributed by atoms with E-state index in [4.69, 9.17) is 4.74 Å². The maximum Gasteiger partial charge on any atom is 0.108 e. The number of nitrogens with one attached hydrogen (secondary N) is 1. The fraction of sp³-hybridized carbons (Fsp3) is 0.500. The molecule has 1 aliphatic rings. The van der Waals surface area contributed by atoms with Crippen LogP contribution in [0.1, 0.15) is 24.5 Å². The highest BCUT2D eigenvalue weighted by molar-refractivity contribution is 5.13. The molecule has 1 aromatic rings. The van der Waals surface area contributed by atoms with Crippen LogP contribution in [0.4, 0.5) is 0 Å². The maximum absolute atomic E-state index is 5.75. The van der Waals surface area contributed by atoms with Crippen molar-refractivity contribution in [3.63, 3.8) is 0 Å². The van der Waals surface area contributed by atoms with Crippen LogP contribution in [0.3, 0.4) is 0 Å². The van der Waals surface area contributed by atoms with Gasteiger partial charge in [0.1, 0.15) is 6.23 Å². The second-order valence-corrected chi connectivity index (χ2v) is 3.27. The lowest BCUT2D eigenvalue weighted by Gasteiger charge is -2.12. The molecule has 1 N–H and O–H groups in total. The Morgan fingerprint density at radius 1 is 1.54 bits per heavy atom. The summed E-state index contributed by atoms with van der Waals surface area (Å²) >= 11 is 0. The van der Waals surface area contributed by atoms with Crippen LogP contribution in [0.15, 0.2) is 24.5 Å². The van der Waals surface area contributed by atoms with Crippen molar-refractivity contribution >= 4 is 0 Å². The van der Waals surface area contributed by atoms with Crippen LogP contribution in [-0.2, 0) is 4.74 Å². The van der Waals surface area contributed by atoms with Crippen molar-refractivity contribution in [1.29, 1.82) is 0 Å². The summed E-state index contributed by atoms with van der Waals surface area (Å²) in [5.74, 6) is 0. The summed E-state index contributed by atoms with van der Waals surface area (Å²) in [4.78, 5) is 4.08. The minimum Gasteiger partial charge on any atom is -0.355 e. The molecule has 0 aliphatic carbocycles. The molecule has 2 heterocycles.